The van der Waals surface area contributed by atoms with Gasteiger partial charge in [-0.05, 0) is 12.8 Å². The van der Waals surface area contributed by atoms with Gasteiger partial charge in [-0.1, -0.05) is 6.92 Å². The molecule has 0 saturated heterocycles. The third-order valence-electron chi connectivity index (χ3n) is 2.95. The third kappa shape index (κ3) is 2.85. The monoisotopic (exact) mass is 236 g/mol. The Labute approximate surface area is 102 Å². The fourth-order valence-corrected chi connectivity index (χ4v) is 1.89. The molecule has 0 aliphatic heterocycles. The molecule has 1 aromatic rings. The Morgan fingerprint density at radius 2 is 2.24 bits per heavy atom. The van der Waals surface area contributed by atoms with Crippen molar-refractivity contribution in [1.29, 1.82) is 0 Å². The summed E-state index contributed by atoms with van der Waals surface area (Å²) in [5.74, 6) is 2.61. The van der Waals surface area contributed by atoms with Crippen LogP contribution in [0.1, 0.15) is 25.6 Å². The van der Waals surface area contributed by atoms with Crippen LogP contribution in [0.25, 0.3) is 0 Å². The molecule has 1 aromatic heterocycles. The van der Waals surface area contributed by atoms with Crippen molar-refractivity contribution in [3.05, 3.63) is 11.9 Å². The van der Waals surface area contributed by atoms with Crippen LogP contribution in [0.15, 0.2) is 6.07 Å². The highest BCUT2D eigenvalue weighted by molar-refractivity contribution is 5.50. The number of aromatic nitrogens is 2. The predicted octanol–water partition coefficient (Wildman–Crippen LogP) is 1.04. The van der Waals surface area contributed by atoms with E-state index in [4.69, 9.17) is 5.11 Å². The first-order valence-electron chi connectivity index (χ1n) is 6.21. The van der Waals surface area contributed by atoms with Gasteiger partial charge in [0.25, 0.3) is 0 Å². The molecule has 1 aliphatic carbocycles. The minimum atomic E-state index is 0.164. The Morgan fingerprint density at radius 3 is 2.76 bits per heavy atom. The van der Waals surface area contributed by atoms with E-state index in [1.807, 2.05) is 20.0 Å². The zero-order chi connectivity index (χ0) is 12.3. The summed E-state index contributed by atoms with van der Waals surface area (Å²) >= 11 is 0. The maximum atomic E-state index is 9.13. The first kappa shape index (κ1) is 12.1. The Kier molecular flexibility index (Phi) is 3.78. The van der Waals surface area contributed by atoms with Crippen LogP contribution in [-0.4, -0.2) is 41.3 Å². The molecule has 5 heteroatoms. The molecule has 0 radical (unpaired) electrons. The van der Waals surface area contributed by atoms with Crippen molar-refractivity contribution in [2.45, 2.75) is 32.2 Å². The van der Waals surface area contributed by atoms with Gasteiger partial charge in [0.15, 0.2) is 0 Å². The number of nitrogens with zero attached hydrogens (tertiary/aromatic N) is 3. The van der Waals surface area contributed by atoms with Crippen LogP contribution >= 0.6 is 0 Å². The summed E-state index contributed by atoms with van der Waals surface area (Å²) in [6, 6.07) is 2.50. The van der Waals surface area contributed by atoms with Gasteiger partial charge in [0.2, 0.25) is 0 Å². The highest BCUT2D eigenvalue weighted by Gasteiger charge is 2.30. The fourth-order valence-electron chi connectivity index (χ4n) is 1.89. The van der Waals surface area contributed by atoms with E-state index in [9.17, 15) is 0 Å². The van der Waals surface area contributed by atoms with Gasteiger partial charge in [0.1, 0.15) is 17.5 Å². The second-order valence-electron chi connectivity index (χ2n) is 4.28. The van der Waals surface area contributed by atoms with Crippen molar-refractivity contribution < 1.29 is 5.11 Å². The van der Waals surface area contributed by atoms with Crippen LogP contribution in [0.3, 0.4) is 0 Å². The minimum absolute atomic E-state index is 0.164. The summed E-state index contributed by atoms with van der Waals surface area (Å²) in [5, 5.41) is 12.2. The first-order valence-corrected chi connectivity index (χ1v) is 6.21. The van der Waals surface area contributed by atoms with Gasteiger partial charge in [0.05, 0.1) is 6.61 Å². The van der Waals surface area contributed by atoms with Gasteiger partial charge in [-0.25, -0.2) is 9.97 Å². The van der Waals surface area contributed by atoms with Crippen molar-refractivity contribution >= 4 is 11.6 Å². The maximum absolute atomic E-state index is 9.13. The van der Waals surface area contributed by atoms with Crippen molar-refractivity contribution in [3.8, 4) is 0 Å². The topological polar surface area (TPSA) is 61.3 Å². The molecule has 94 valence electrons. The minimum Gasteiger partial charge on any atom is -0.395 e. The van der Waals surface area contributed by atoms with Crippen molar-refractivity contribution in [3.63, 3.8) is 0 Å². The standard InChI is InChI=1S/C12H20N4O/c1-3-10-14-11(13-2)8-12(15-10)16(6-7-17)9-4-5-9/h8-9,17H,3-7H2,1-2H3,(H,13,14,15). The lowest BCUT2D eigenvalue weighted by Gasteiger charge is -2.23. The van der Waals surface area contributed by atoms with Crippen LogP contribution in [0, 0.1) is 0 Å². The number of anilines is 2. The molecule has 1 fully saturated rings. The average Bonchev–Trinajstić information content (AvgIpc) is 3.19. The van der Waals surface area contributed by atoms with Gasteiger partial charge >= 0.3 is 0 Å². The van der Waals surface area contributed by atoms with E-state index < -0.39 is 0 Å². The maximum Gasteiger partial charge on any atom is 0.134 e. The SMILES string of the molecule is CCc1nc(NC)cc(N(CCO)C2CC2)n1. The summed E-state index contributed by atoms with van der Waals surface area (Å²) < 4.78 is 0. The number of aliphatic hydroxyl groups is 1. The molecule has 0 aromatic carbocycles. The summed E-state index contributed by atoms with van der Waals surface area (Å²) in [5.41, 5.74) is 0. The van der Waals surface area contributed by atoms with Crippen molar-refractivity contribution in [1.82, 2.24) is 9.97 Å². The van der Waals surface area contributed by atoms with E-state index in [1.54, 1.807) is 0 Å². The van der Waals surface area contributed by atoms with Crippen LogP contribution in [0.2, 0.25) is 0 Å². The van der Waals surface area contributed by atoms with Gasteiger partial charge in [-0.2, -0.15) is 0 Å². The normalized spacial score (nSPS) is 14.8. The molecular formula is C12H20N4O. The van der Waals surface area contributed by atoms with Crippen LogP contribution in [-0.2, 0) is 6.42 Å². The molecule has 17 heavy (non-hydrogen) atoms. The molecule has 0 atom stereocenters. The van der Waals surface area contributed by atoms with Crippen molar-refractivity contribution in [2.24, 2.45) is 0 Å². The largest absolute Gasteiger partial charge is 0.395 e. The third-order valence-corrected chi connectivity index (χ3v) is 2.95. The second kappa shape index (κ2) is 5.31. The van der Waals surface area contributed by atoms with E-state index in [-0.39, 0.29) is 6.61 Å². The fraction of sp³-hybridized carbons (Fsp3) is 0.667. The lowest BCUT2D eigenvalue weighted by Crippen LogP contribution is -2.30. The number of rotatable bonds is 6. The molecule has 0 spiro atoms. The molecule has 2 rings (SSSR count). The predicted molar refractivity (Wildman–Crippen MR) is 68.4 cm³/mol. The van der Waals surface area contributed by atoms with E-state index in [2.05, 4.69) is 20.2 Å². The molecule has 2 N–H and O–H groups in total. The molecule has 1 aliphatic rings. The highest BCUT2D eigenvalue weighted by Crippen LogP contribution is 2.31. The van der Waals surface area contributed by atoms with E-state index >= 15 is 0 Å². The molecule has 0 amide bonds. The Balaban J connectivity index is 2.27. The second-order valence-corrected chi connectivity index (χ2v) is 4.28. The number of hydrogen-bond donors (Lipinski definition) is 2. The van der Waals surface area contributed by atoms with Crippen LogP contribution in [0.4, 0.5) is 11.6 Å². The first-order chi connectivity index (χ1) is 8.28. The summed E-state index contributed by atoms with van der Waals surface area (Å²) in [4.78, 5) is 11.1. The Morgan fingerprint density at radius 1 is 1.47 bits per heavy atom. The molecule has 0 bridgehead atoms. The highest BCUT2D eigenvalue weighted by atomic mass is 16.3. The van der Waals surface area contributed by atoms with Crippen LogP contribution < -0.4 is 10.2 Å². The average molecular weight is 236 g/mol. The zero-order valence-electron chi connectivity index (χ0n) is 10.5. The molecule has 1 heterocycles. The Hall–Kier alpha value is -1.36. The Bertz CT molecular complexity index is 357. The number of aliphatic hydroxyl groups excluding tert-OH is 1. The summed E-state index contributed by atoms with van der Waals surface area (Å²) in [7, 11) is 1.86. The molecule has 1 saturated carbocycles. The van der Waals surface area contributed by atoms with E-state index in [1.165, 1.54) is 12.8 Å². The van der Waals surface area contributed by atoms with E-state index in [0.717, 1.165) is 23.9 Å². The summed E-state index contributed by atoms with van der Waals surface area (Å²) in [6.45, 7) is 2.86. The van der Waals surface area contributed by atoms with Crippen molar-refractivity contribution in [2.75, 3.05) is 30.4 Å². The van der Waals surface area contributed by atoms with Gasteiger partial charge in [-0.15, -0.1) is 0 Å². The van der Waals surface area contributed by atoms with Gasteiger partial charge in [-0.3, -0.25) is 0 Å². The quantitative estimate of drug-likeness (QED) is 0.773. The van der Waals surface area contributed by atoms with Crippen LogP contribution in [0.5, 0.6) is 0 Å². The molecule has 5 nitrogen and oxygen atoms in total. The molecule has 0 unspecified atom stereocenters. The lowest BCUT2D eigenvalue weighted by molar-refractivity contribution is 0.301. The zero-order valence-corrected chi connectivity index (χ0v) is 10.5. The number of nitrogens with one attached hydrogen (secondary N) is 1. The lowest BCUT2D eigenvalue weighted by atomic mass is 10.3. The summed E-state index contributed by atoms with van der Waals surface area (Å²) in [6.07, 6.45) is 3.21. The number of aryl methyl sites for hydroxylation is 1. The molecular weight excluding hydrogens is 216 g/mol. The van der Waals surface area contributed by atoms with Gasteiger partial charge < -0.3 is 15.3 Å². The number of hydrogen-bond acceptors (Lipinski definition) is 5. The van der Waals surface area contributed by atoms with E-state index in [0.29, 0.717) is 12.6 Å². The van der Waals surface area contributed by atoms with Gasteiger partial charge in [0, 0.05) is 32.1 Å². The smallest absolute Gasteiger partial charge is 0.134 e.